The lowest BCUT2D eigenvalue weighted by atomic mass is 10.1. The van der Waals surface area contributed by atoms with Crippen molar-refractivity contribution in [2.75, 3.05) is 5.32 Å². The van der Waals surface area contributed by atoms with Crippen LogP contribution in [-0.4, -0.2) is 10.5 Å². The fraction of sp³-hybridized carbons (Fsp3) is 0.0833. The number of para-hydroxylation sites is 1. The van der Waals surface area contributed by atoms with Gasteiger partial charge in [0, 0.05) is 40.1 Å². The van der Waals surface area contributed by atoms with Crippen molar-refractivity contribution in [2.45, 2.75) is 13.5 Å². The number of benzene rings is 3. The first-order valence-corrected chi connectivity index (χ1v) is 9.20. The third kappa shape index (κ3) is 3.15. The summed E-state index contributed by atoms with van der Waals surface area (Å²) >= 11 is 0. The quantitative estimate of drug-likeness (QED) is 0.391. The molecule has 4 nitrogen and oxygen atoms in total. The molecule has 4 heteroatoms. The topological polar surface area (TPSA) is 57.8 Å². The van der Waals surface area contributed by atoms with E-state index < -0.39 is 0 Å². The Morgan fingerprint density at radius 2 is 1.71 bits per heavy atom. The third-order valence-electron chi connectivity index (χ3n) is 4.84. The number of hydrogen-bond acceptors (Lipinski definition) is 2. The molecule has 0 aliphatic rings. The highest BCUT2D eigenvalue weighted by Gasteiger charge is 2.11. The Balaban J connectivity index is 1.69. The van der Waals surface area contributed by atoms with E-state index in [1.165, 1.54) is 11.6 Å². The lowest BCUT2D eigenvalue weighted by molar-refractivity contribution is -0.111. The second-order valence-corrected chi connectivity index (χ2v) is 6.52. The molecule has 3 aromatic carbocycles. The Labute approximate surface area is 163 Å². The van der Waals surface area contributed by atoms with Crippen LogP contribution in [0.5, 0.6) is 0 Å². The fourth-order valence-electron chi connectivity index (χ4n) is 3.58. The van der Waals surface area contributed by atoms with E-state index in [0.29, 0.717) is 11.3 Å². The van der Waals surface area contributed by atoms with Crippen LogP contribution in [0.15, 0.2) is 78.9 Å². The molecule has 136 valence electrons. The zero-order valence-electron chi connectivity index (χ0n) is 15.5. The van der Waals surface area contributed by atoms with Gasteiger partial charge in [-0.15, -0.1) is 0 Å². The second kappa shape index (κ2) is 7.42. The highest BCUT2D eigenvalue weighted by atomic mass is 16.1. The van der Waals surface area contributed by atoms with Crippen molar-refractivity contribution < 1.29 is 4.79 Å². The minimum Gasteiger partial charge on any atom is -0.341 e. The number of fused-ring (bicyclic) bond motifs is 3. The van der Waals surface area contributed by atoms with Crippen LogP contribution in [0.1, 0.15) is 12.5 Å². The van der Waals surface area contributed by atoms with E-state index in [2.05, 4.69) is 35.0 Å². The van der Waals surface area contributed by atoms with Crippen LogP contribution in [0.3, 0.4) is 0 Å². The van der Waals surface area contributed by atoms with Crippen LogP contribution >= 0.6 is 0 Å². The van der Waals surface area contributed by atoms with Gasteiger partial charge in [0.25, 0.3) is 0 Å². The van der Waals surface area contributed by atoms with Crippen LogP contribution in [0.25, 0.3) is 27.4 Å². The van der Waals surface area contributed by atoms with Crippen LogP contribution < -0.4 is 5.32 Å². The first kappa shape index (κ1) is 17.6. The summed E-state index contributed by atoms with van der Waals surface area (Å²) in [6, 6.07) is 25.5. The van der Waals surface area contributed by atoms with E-state index in [9.17, 15) is 10.1 Å². The predicted molar refractivity (Wildman–Crippen MR) is 114 cm³/mol. The van der Waals surface area contributed by atoms with E-state index in [1.54, 1.807) is 0 Å². The number of hydrogen-bond donors (Lipinski definition) is 1. The van der Waals surface area contributed by atoms with Gasteiger partial charge in [0.05, 0.1) is 11.6 Å². The summed E-state index contributed by atoms with van der Waals surface area (Å²) in [4.78, 5) is 12.5. The molecule has 4 rings (SSSR count). The summed E-state index contributed by atoms with van der Waals surface area (Å²) in [7, 11) is 0. The molecule has 4 aromatic rings. The number of nitriles is 1. The van der Waals surface area contributed by atoms with Crippen LogP contribution in [0, 0.1) is 11.3 Å². The number of amides is 1. The number of carbonyl (C=O) groups is 1. The molecule has 0 unspecified atom stereocenters. The Kier molecular flexibility index (Phi) is 4.65. The molecule has 1 heterocycles. The van der Waals surface area contributed by atoms with Gasteiger partial charge in [-0.3, -0.25) is 4.79 Å². The zero-order chi connectivity index (χ0) is 19.5. The number of allylic oxidation sites excluding steroid dienone is 1. The molecule has 1 aromatic heterocycles. The lowest BCUT2D eigenvalue weighted by Gasteiger charge is -2.05. The molecule has 0 saturated heterocycles. The Bertz CT molecular complexity index is 1240. The van der Waals surface area contributed by atoms with Gasteiger partial charge in [0.15, 0.2) is 0 Å². The van der Waals surface area contributed by atoms with E-state index in [-0.39, 0.29) is 5.91 Å². The summed E-state index contributed by atoms with van der Waals surface area (Å²) in [5, 5.41) is 14.5. The summed E-state index contributed by atoms with van der Waals surface area (Å²) in [5.41, 5.74) is 4.08. The van der Waals surface area contributed by atoms with Gasteiger partial charge < -0.3 is 9.88 Å². The largest absolute Gasteiger partial charge is 0.341 e. The fourth-order valence-corrected chi connectivity index (χ4v) is 3.58. The smallest absolute Gasteiger partial charge is 0.249 e. The molecular formula is C24H19N3O. The minimum atomic E-state index is -0.320. The number of aromatic nitrogens is 1. The molecule has 0 bridgehead atoms. The molecule has 1 N–H and O–H groups in total. The van der Waals surface area contributed by atoms with E-state index in [1.807, 2.05) is 60.7 Å². The van der Waals surface area contributed by atoms with E-state index in [0.717, 1.165) is 28.4 Å². The average Bonchev–Trinajstić information content (AvgIpc) is 3.05. The first-order valence-electron chi connectivity index (χ1n) is 9.20. The zero-order valence-corrected chi connectivity index (χ0v) is 15.5. The van der Waals surface area contributed by atoms with Gasteiger partial charge in [0.2, 0.25) is 5.91 Å². The standard InChI is InChI=1S/C24H19N3O/c1-2-27-22-11-7-6-10-20(22)21-15-19(12-13-23(21)27)26-24(28)14-18(16-25)17-8-4-3-5-9-17/h3-15H,2H2,1H3,(H,26,28). The van der Waals surface area contributed by atoms with Gasteiger partial charge in [-0.2, -0.15) is 5.26 Å². The molecule has 0 radical (unpaired) electrons. The Morgan fingerprint density at radius 3 is 2.46 bits per heavy atom. The minimum absolute atomic E-state index is 0.320. The highest BCUT2D eigenvalue weighted by molar-refractivity contribution is 6.11. The van der Waals surface area contributed by atoms with Gasteiger partial charge in [-0.1, -0.05) is 48.5 Å². The molecular weight excluding hydrogens is 346 g/mol. The summed E-state index contributed by atoms with van der Waals surface area (Å²) in [5.74, 6) is -0.320. The van der Waals surface area contributed by atoms with Crippen molar-refractivity contribution in [3.05, 3.63) is 84.4 Å². The molecule has 0 saturated carbocycles. The van der Waals surface area contributed by atoms with Crippen molar-refractivity contribution >= 4 is 39.0 Å². The number of nitrogens with one attached hydrogen (secondary N) is 1. The Hall–Kier alpha value is -3.84. The number of carbonyl (C=O) groups excluding carboxylic acids is 1. The predicted octanol–water partition coefficient (Wildman–Crippen LogP) is 5.36. The summed E-state index contributed by atoms with van der Waals surface area (Å²) < 4.78 is 2.26. The van der Waals surface area contributed by atoms with Crippen molar-refractivity contribution in [3.8, 4) is 6.07 Å². The van der Waals surface area contributed by atoms with Crippen molar-refractivity contribution in [1.29, 1.82) is 5.26 Å². The second-order valence-electron chi connectivity index (χ2n) is 6.52. The maximum atomic E-state index is 12.5. The van der Waals surface area contributed by atoms with E-state index >= 15 is 0 Å². The highest BCUT2D eigenvalue weighted by Crippen LogP contribution is 2.31. The molecule has 28 heavy (non-hydrogen) atoms. The monoisotopic (exact) mass is 365 g/mol. The molecule has 0 aliphatic carbocycles. The summed E-state index contributed by atoms with van der Waals surface area (Å²) in [6.45, 7) is 3.00. The number of anilines is 1. The van der Waals surface area contributed by atoms with E-state index in [4.69, 9.17) is 0 Å². The summed E-state index contributed by atoms with van der Waals surface area (Å²) in [6.07, 6.45) is 1.34. The lowest BCUT2D eigenvalue weighted by Crippen LogP contribution is -2.08. The number of rotatable bonds is 4. The SMILES string of the molecule is CCn1c2ccccc2c2cc(NC(=O)C=C(C#N)c3ccccc3)ccc21. The third-order valence-corrected chi connectivity index (χ3v) is 4.84. The Morgan fingerprint density at radius 1 is 1.00 bits per heavy atom. The van der Waals surface area contributed by atoms with Gasteiger partial charge >= 0.3 is 0 Å². The van der Waals surface area contributed by atoms with Crippen LogP contribution in [-0.2, 0) is 11.3 Å². The molecule has 0 aliphatic heterocycles. The number of aryl methyl sites for hydroxylation is 1. The van der Waals surface area contributed by atoms with Crippen LogP contribution in [0.4, 0.5) is 5.69 Å². The normalized spacial score (nSPS) is 11.5. The maximum absolute atomic E-state index is 12.5. The van der Waals surface area contributed by atoms with Gasteiger partial charge in [-0.05, 0) is 36.8 Å². The van der Waals surface area contributed by atoms with Gasteiger partial charge in [-0.25, -0.2) is 0 Å². The molecule has 1 amide bonds. The molecule has 0 spiro atoms. The van der Waals surface area contributed by atoms with Crippen molar-refractivity contribution in [1.82, 2.24) is 4.57 Å². The first-order chi connectivity index (χ1) is 13.7. The average molecular weight is 365 g/mol. The van der Waals surface area contributed by atoms with Gasteiger partial charge in [0.1, 0.15) is 0 Å². The number of nitrogens with zero attached hydrogens (tertiary/aromatic N) is 2. The molecule has 0 atom stereocenters. The van der Waals surface area contributed by atoms with Crippen molar-refractivity contribution in [2.24, 2.45) is 0 Å². The molecule has 0 fully saturated rings. The van der Waals surface area contributed by atoms with Crippen molar-refractivity contribution in [3.63, 3.8) is 0 Å². The maximum Gasteiger partial charge on any atom is 0.249 e. The van der Waals surface area contributed by atoms with Crippen LogP contribution in [0.2, 0.25) is 0 Å².